The summed E-state index contributed by atoms with van der Waals surface area (Å²) in [4.78, 5) is 42.6. The van der Waals surface area contributed by atoms with E-state index in [0.717, 1.165) is 16.1 Å². The first-order valence-electron chi connectivity index (χ1n) is 10.2. The zero-order chi connectivity index (χ0) is 23.4. The topological polar surface area (TPSA) is 99.0 Å². The van der Waals surface area contributed by atoms with E-state index < -0.39 is 24.5 Å². The van der Waals surface area contributed by atoms with E-state index in [1.807, 2.05) is 49.4 Å². The van der Waals surface area contributed by atoms with Gasteiger partial charge in [-0.1, -0.05) is 36.4 Å². The number of hydrogen-bond acceptors (Lipinski definition) is 7. The summed E-state index contributed by atoms with van der Waals surface area (Å²) in [5.74, 6) is -1.82. The van der Waals surface area contributed by atoms with Gasteiger partial charge in [0.15, 0.2) is 12.3 Å². The molecule has 0 radical (unpaired) electrons. The number of thiophene rings is 1. The smallest absolute Gasteiger partial charge is 0.359 e. The molecular formula is C24H21N3O5S. The Bertz CT molecular complexity index is 1330. The van der Waals surface area contributed by atoms with E-state index in [2.05, 4.69) is 10.3 Å². The van der Waals surface area contributed by atoms with Gasteiger partial charge in [0.25, 0.3) is 5.91 Å². The van der Waals surface area contributed by atoms with Gasteiger partial charge in [0, 0.05) is 16.8 Å². The number of imidazole rings is 1. The molecule has 9 heteroatoms. The molecule has 0 aliphatic rings. The number of anilines is 1. The van der Waals surface area contributed by atoms with Crippen LogP contribution in [0.5, 0.6) is 0 Å². The molecule has 0 spiro atoms. The van der Waals surface area contributed by atoms with Gasteiger partial charge in [0.1, 0.15) is 10.5 Å². The number of ether oxygens (including phenoxy) is 2. The summed E-state index contributed by atoms with van der Waals surface area (Å²) >= 11 is 1.22. The number of nitrogens with zero attached hydrogens (tertiary/aromatic N) is 2. The molecule has 0 bridgehead atoms. The highest BCUT2D eigenvalue weighted by atomic mass is 32.1. The molecule has 8 nitrogen and oxygen atoms in total. The Kier molecular flexibility index (Phi) is 6.50. The van der Waals surface area contributed by atoms with Crippen molar-refractivity contribution >= 4 is 40.5 Å². The van der Waals surface area contributed by atoms with Crippen LogP contribution < -0.4 is 5.32 Å². The van der Waals surface area contributed by atoms with E-state index in [4.69, 9.17) is 9.47 Å². The van der Waals surface area contributed by atoms with Crippen LogP contribution in [0, 0.1) is 6.92 Å². The molecule has 168 valence electrons. The van der Waals surface area contributed by atoms with Crippen LogP contribution in [0.1, 0.15) is 32.8 Å². The maximum absolute atomic E-state index is 12.5. The summed E-state index contributed by atoms with van der Waals surface area (Å²) in [5, 5.41) is 2.65. The molecule has 3 aromatic heterocycles. The number of esters is 2. The van der Waals surface area contributed by atoms with Gasteiger partial charge in [0.2, 0.25) is 0 Å². The number of aromatic nitrogens is 2. The molecule has 0 saturated carbocycles. The lowest BCUT2D eigenvalue weighted by molar-refractivity contribution is -0.119. The van der Waals surface area contributed by atoms with Crippen molar-refractivity contribution in [3.05, 3.63) is 77.1 Å². The fourth-order valence-electron chi connectivity index (χ4n) is 3.21. The summed E-state index contributed by atoms with van der Waals surface area (Å²) in [7, 11) is 0. The number of hydrogen-bond donors (Lipinski definition) is 1. The van der Waals surface area contributed by atoms with Gasteiger partial charge in [-0.25, -0.2) is 14.6 Å². The largest absolute Gasteiger partial charge is 0.462 e. The monoisotopic (exact) mass is 463 g/mol. The minimum absolute atomic E-state index is 0.103. The number of rotatable bonds is 7. The van der Waals surface area contributed by atoms with E-state index in [-0.39, 0.29) is 17.2 Å². The van der Waals surface area contributed by atoms with Crippen molar-refractivity contribution in [3.8, 4) is 10.4 Å². The maximum Gasteiger partial charge on any atom is 0.359 e. The van der Waals surface area contributed by atoms with Crippen LogP contribution in [0.2, 0.25) is 0 Å². The van der Waals surface area contributed by atoms with E-state index in [1.165, 1.54) is 11.3 Å². The van der Waals surface area contributed by atoms with Gasteiger partial charge in [-0.3, -0.25) is 4.79 Å². The van der Waals surface area contributed by atoms with Crippen molar-refractivity contribution in [2.75, 3.05) is 18.5 Å². The second-order valence-corrected chi connectivity index (χ2v) is 8.14. The number of benzene rings is 1. The maximum atomic E-state index is 12.5. The average molecular weight is 464 g/mol. The fraction of sp³-hybridized carbons (Fsp3) is 0.167. The molecular weight excluding hydrogens is 442 g/mol. The highest BCUT2D eigenvalue weighted by molar-refractivity contribution is 7.18. The molecule has 0 fully saturated rings. The van der Waals surface area contributed by atoms with Crippen molar-refractivity contribution in [2.24, 2.45) is 0 Å². The number of fused-ring (bicyclic) bond motifs is 1. The fourth-order valence-corrected chi connectivity index (χ4v) is 4.23. The van der Waals surface area contributed by atoms with Gasteiger partial charge in [-0.05, 0) is 37.6 Å². The second-order valence-electron chi connectivity index (χ2n) is 7.09. The molecule has 3 heterocycles. The first kappa shape index (κ1) is 22.2. The molecule has 4 rings (SSSR count). The van der Waals surface area contributed by atoms with E-state index in [1.54, 1.807) is 29.7 Å². The Morgan fingerprint density at radius 3 is 2.55 bits per heavy atom. The van der Waals surface area contributed by atoms with Crippen LogP contribution in [0.15, 0.2) is 60.8 Å². The van der Waals surface area contributed by atoms with Crippen LogP contribution in [0.25, 0.3) is 16.1 Å². The lowest BCUT2D eigenvalue weighted by atomic mass is 10.2. The molecule has 4 aromatic rings. The number of carbonyl (C=O) groups is 3. The first-order chi connectivity index (χ1) is 16.0. The van der Waals surface area contributed by atoms with Crippen LogP contribution in [-0.4, -0.2) is 40.4 Å². The third-order valence-electron chi connectivity index (χ3n) is 4.76. The van der Waals surface area contributed by atoms with Gasteiger partial charge in [0.05, 0.1) is 12.3 Å². The zero-order valence-corrected chi connectivity index (χ0v) is 18.8. The van der Waals surface area contributed by atoms with Crippen LogP contribution in [0.4, 0.5) is 5.69 Å². The van der Waals surface area contributed by atoms with Crippen molar-refractivity contribution in [1.82, 2.24) is 9.38 Å². The predicted octanol–water partition coefficient (Wildman–Crippen LogP) is 4.34. The van der Waals surface area contributed by atoms with Crippen LogP contribution >= 0.6 is 11.3 Å². The molecule has 1 aromatic carbocycles. The SMILES string of the molecule is CCOC(=O)c1sc(-c2ccccc2)cc1NC(=O)COC(=O)c1cn2c(C)cccc2n1. The van der Waals surface area contributed by atoms with Crippen LogP contribution in [0.3, 0.4) is 0 Å². The normalized spacial score (nSPS) is 10.7. The Labute approximate surface area is 193 Å². The molecule has 1 amide bonds. The summed E-state index contributed by atoms with van der Waals surface area (Å²) in [6, 6.07) is 16.7. The number of pyridine rings is 1. The Morgan fingerprint density at radius 1 is 1.03 bits per heavy atom. The highest BCUT2D eigenvalue weighted by Gasteiger charge is 2.21. The predicted molar refractivity (Wildman–Crippen MR) is 125 cm³/mol. The minimum Gasteiger partial charge on any atom is -0.462 e. The van der Waals surface area contributed by atoms with Crippen molar-refractivity contribution in [3.63, 3.8) is 0 Å². The summed E-state index contributed by atoms with van der Waals surface area (Å²) in [6.07, 6.45) is 1.56. The first-order valence-corrected chi connectivity index (χ1v) is 11.1. The lowest BCUT2D eigenvalue weighted by Gasteiger charge is -2.06. The van der Waals surface area contributed by atoms with Gasteiger partial charge in [-0.15, -0.1) is 11.3 Å². The molecule has 0 atom stereocenters. The van der Waals surface area contributed by atoms with Gasteiger partial charge in [-0.2, -0.15) is 0 Å². The minimum atomic E-state index is -0.714. The Hall–Kier alpha value is -3.98. The zero-order valence-electron chi connectivity index (χ0n) is 18.0. The molecule has 0 aliphatic heterocycles. The Morgan fingerprint density at radius 2 is 1.82 bits per heavy atom. The number of amides is 1. The van der Waals surface area contributed by atoms with E-state index in [9.17, 15) is 14.4 Å². The molecule has 0 aliphatic carbocycles. The third-order valence-corrected chi connectivity index (χ3v) is 5.93. The molecule has 0 saturated heterocycles. The van der Waals surface area contributed by atoms with Crippen molar-refractivity contribution in [2.45, 2.75) is 13.8 Å². The quantitative estimate of drug-likeness (QED) is 0.409. The number of nitrogens with one attached hydrogen (secondary N) is 1. The van der Waals surface area contributed by atoms with Crippen molar-refractivity contribution in [1.29, 1.82) is 0 Å². The average Bonchev–Trinajstić information content (AvgIpc) is 3.44. The number of carbonyl (C=O) groups excluding carboxylic acids is 3. The van der Waals surface area contributed by atoms with E-state index in [0.29, 0.717) is 11.3 Å². The Balaban J connectivity index is 1.46. The highest BCUT2D eigenvalue weighted by Crippen LogP contribution is 2.35. The molecule has 1 N–H and O–H groups in total. The standard InChI is InChI=1S/C24H21N3O5S/c1-3-31-24(30)22-17(12-19(33-22)16-9-5-4-6-10-16)26-21(28)14-32-23(29)18-13-27-15(2)8-7-11-20(27)25-18/h4-13H,3,14H2,1-2H3,(H,26,28). The number of aryl methyl sites for hydroxylation is 1. The summed E-state index contributed by atoms with van der Waals surface area (Å²) < 4.78 is 12.0. The van der Waals surface area contributed by atoms with E-state index >= 15 is 0 Å². The van der Waals surface area contributed by atoms with Crippen LogP contribution in [-0.2, 0) is 14.3 Å². The molecule has 0 unspecified atom stereocenters. The lowest BCUT2D eigenvalue weighted by Crippen LogP contribution is -2.22. The third kappa shape index (κ3) is 4.93. The summed E-state index contributed by atoms with van der Waals surface area (Å²) in [6.45, 7) is 3.29. The molecule has 33 heavy (non-hydrogen) atoms. The summed E-state index contributed by atoms with van der Waals surface area (Å²) in [5.41, 5.74) is 2.84. The van der Waals surface area contributed by atoms with Crippen molar-refractivity contribution < 1.29 is 23.9 Å². The second kappa shape index (κ2) is 9.66. The van der Waals surface area contributed by atoms with Gasteiger partial charge < -0.3 is 19.2 Å². The van der Waals surface area contributed by atoms with Gasteiger partial charge >= 0.3 is 11.9 Å².